The van der Waals surface area contributed by atoms with Gasteiger partial charge in [-0.15, -0.1) is 12.3 Å². The number of aliphatic hydroxyl groups is 1. The quantitative estimate of drug-likeness (QED) is 0.227. The zero-order valence-corrected chi connectivity index (χ0v) is 45.5. The summed E-state index contributed by atoms with van der Waals surface area (Å²) in [6.07, 6.45) is 36.9. The Morgan fingerprint density at radius 1 is 0.677 bits per heavy atom. The lowest BCUT2D eigenvalue weighted by Crippen LogP contribution is -2.50. The Labute approximate surface area is 420 Å². The molecule has 65 heavy (non-hydrogen) atoms. The van der Waals surface area contributed by atoms with Crippen molar-refractivity contribution >= 4 is 57.9 Å². The standard InChI is InChI=1S/C31H42O.C26H40.CH4.S6/c1-22(9-7-8-12-23-10-5-4-6-11-23)27-15-16-28-26-14-13-24-21-25(32)17-19-30(24,2)29(26)18-20-31(27,28)3;1-6-7-8-19(3)22-11-12-23-21-10-9-20-17-18(2)13-15-25(20,4)24(21)14-16-26(22,23)5;;1-3-5-6-4-2/h4-6,10-11,13,22,25-29,32H,7,9,14-21H2,1-3H3;1,9,18-19,21-24H,7-8,10-17H2,2-5H3;1H4;/t22-,25+,26+,27-,28+,29+,30+,31-;18-,19+,21-,22+,23-,24-,25-,26+;;/m10../s1. The average molecular weight is 992 g/mol. The summed E-state index contributed by atoms with van der Waals surface area (Å²) in [6, 6.07) is 10.4. The highest BCUT2D eigenvalue weighted by molar-refractivity contribution is 8.64. The molecule has 0 unspecified atom stereocenters. The van der Waals surface area contributed by atoms with Crippen molar-refractivity contribution in [3.63, 3.8) is 0 Å². The molecule has 1 nitrogen and oxygen atoms in total. The van der Waals surface area contributed by atoms with E-state index in [-0.39, 0.29) is 13.5 Å². The Morgan fingerprint density at radius 3 is 1.71 bits per heavy atom. The Morgan fingerprint density at radius 2 is 1.18 bits per heavy atom. The maximum atomic E-state index is 10.2. The van der Waals surface area contributed by atoms with Crippen molar-refractivity contribution in [1.82, 2.24) is 0 Å². The number of fused-ring (bicyclic) bond motifs is 10. The molecule has 0 saturated heterocycles. The highest BCUT2D eigenvalue weighted by Crippen LogP contribution is 2.69. The Bertz CT molecular complexity index is 2100. The molecule has 1 aromatic rings. The van der Waals surface area contributed by atoms with Gasteiger partial charge in [0.25, 0.3) is 0 Å². The summed E-state index contributed by atoms with van der Waals surface area (Å²) in [7, 11) is 5.63. The van der Waals surface area contributed by atoms with Gasteiger partial charge in [0.1, 0.15) is 0 Å². The van der Waals surface area contributed by atoms with Gasteiger partial charge in [-0.3, -0.25) is 0 Å². The lowest BCUT2D eigenvalue weighted by Gasteiger charge is -2.58. The topological polar surface area (TPSA) is 20.2 Å². The molecule has 0 radical (unpaired) electrons. The van der Waals surface area contributed by atoms with Gasteiger partial charge in [0, 0.05) is 76.3 Å². The van der Waals surface area contributed by atoms with Crippen LogP contribution in [0.3, 0.4) is 0 Å². The molecule has 1 N–H and O–H groups in total. The van der Waals surface area contributed by atoms with Crippen LogP contribution in [0.15, 0.2) is 53.6 Å². The van der Waals surface area contributed by atoms with Crippen LogP contribution >= 0.6 is 0 Å². The highest BCUT2D eigenvalue weighted by atomic mass is 33.3. The van der Waals surface area contributed by atoms with E-state index in [9.17, 15) is 5.11 Å². The van der Waals surface area contributed by atoms with Crippen LogP contribution in [0.5, 0.6) is 0 Å². The van der Waals surface area contributed by atoms with Gasteiger partial charge in [0.15, 0.2) is 0 Å². The molecule has 16 atom stereocenters. The molecular weight excluding hydrogens is 905 g/mol. The second-order valence-corrected chi connectivity index (χ2v) is 30.5. The maximum Gasteiger partial charge on any atom is 0.0577 e. The lowest BCUT2D eigenvalue weighted by molar-refractivity contribution is -0.0570. The fraction of sp³-hybridized carbons (Fsp3) is 0.759. The molecule has 0 amide bonds. The first-order valence-electron chi connectivity index (χ1n) is 25.7. The van der Waals surface area contributed by atoms with E-state index in [1.165, 1.54) is 138 Å². The molecule has 8 aliphatic rings. The van der Waals surface area contributed by atoms with Gasteiger partial charge >= 0.3 is 0 Å². The van der Waals surface area contributed by atoms with Crippen LogP contribution in [0.1, 0.15) is 190 Å². The molecule has 9 rings (SSSR count). The second-order valence-electron chi connectivity index (χ2n) is 23.4. The molecule has 7 heteroatoms. The summed E-state index contributed by atoms with van der Waals surface area (Å²) in [5.74, 6) is 19.4. The molecule has 0 spiro atoms. The van der Waals surface area contributed by atoms with Gasteiger partial charge in [0.05, 0.1) is 6.10 Å². The normalized spacial score (nSPS) is 40.4. The van der Waals surface area contributed by atoms with Gasteiger partial charge in [-0.2, -0.15) is 0 Å². The van der Waals surface area contributed by atoms with E-state index in [0.29, 0.717) is 21.7 Å². The van der Waals surface area contributed by atoms with E-state index in [1.807, 2.05) is 5.57 Å². The SMILES string of the molecule is C.C#CCC[C@@H](C)[C@H]1CC[C@H]2[C@@H]3CC=C4C[C@@H](C)CC[C@]4(C)[C@H]3CC[C@]12C.C[C@H](CCC#Cc1ccccc1)[C@H]1CC[C@H]2[C@@H]3CC=C4C[C@@H](O)CC[C@]4(C)[C@H]3CC[C@]12C.S=S=S=S=S=S. The first-order chi connectivity index (χ1) is 30.7. The summed E-state index contributed by atoms with van der Waals surface area (Å²) in [5, 5.41) is 10.2. The zero-order valence-electron chi connectivity index (χ0n) is 40.6. The smallest absolute Gasteiger partial charge is 0.0577 e. The van der Waals surface area contributed by atoms with Crippen molar-refractivity contribution in [2.24, 2.45) is 86.8 Å². The molecular formula is C58H86OS6. The molecule has 6 fully saturated rings. The van der Waals surface area contributed by atoms with Crippen molar-refractivity contribution in [3.05, 3.63) is 59.2 Å². The fourth-order valence-corrected chi connectivity index (χ4v) is 22.6. The van der Waals surface area contributed by atoms with Crippen LogP contribution < -0.4 is 0 Å². The van der Waals surface area contributed by atoms with Crippen LogP contribution in [-0.4, -0.2) is 11.2 Å². The van der Waals surface area contributed by atoms with E-state index in [4.69, 9.17) is 6.42 Å². The highest BCUT2D eigenvalue weighted by Gasteiger charge is 2.60. The molecule has 0 heterocycles. The average Bonchev–Trinajstić information content (AvgIpc) is 3.84. The Balaban J connectivity index is 0.000000192. The third-order valence-electron chi connectivity index (χ3n) is 20.5. The van der Waals surface area contributed by atoms with Gasteiger partial charge in [-0.05, 0) is 214 Å². The van der Waals surface area contributed by atoms with Crippen molar-refractivity contribution in [2.75, 3.05) is 0 Å². The summed E-state index contributed by atoms with van der Waals surface area (Å²) in [6.45, 7) is 18.0. The van der Waals surface area contributed by atoms with Crippen LogP contribution in [0.4, 0.5) is 0 Å². The van der Waals surface area contributed by atoms with E-state index in [0.717, 1.165) is 96.3 Å². The van der Waals surface area contributed by atoms with E-state index < -0.39 is 0 Å². The Hall–Kier alpha value is -0.900. The maximum absolute atomic E-state index is 10.2. The van der Waals surface area contributed by atoms with Crippen molar-refractivity contribution < 1.29 is 5.11 Å². The summed E-state index contributed by atoms with van der Waals surface area (Å²) >= 11 is 9.03. The summed E-state index contributed by atoms with van der Waals surface area (Å²) in [4.78, 5) is 0. The summed E-state index contributed by atoms with van der Waals surface area (Å²) < 4.78 is 0. The van der Waals surface area contributed by atoms with Crippen LogP contribution in [-0.2, 0) is 57.9 Å². The first kappa shape index (κ1) is 53.5. The number of hydrogen-bond acceptors (Lipinski definition) is 3. The van der Waals surface area contributed by atoms with E-state index >= 15 is 0 Å². The molecule has 6 saturated carbocycles. The van der Waals surface area contributed by atoms with Crippen LogP contribution in [0, 0.1) is 111 Å². The molecule has 8 aliphatic carbocycles. The molecule has 0 bridgehead atoms. The molecule has 0 aromatic heterocycles. The number of benzene rings is 1. The minimum Gasteiger partial charge on any atom is -0.393 e. The largest absolute Gasteiger partial charge is 0.393 e. The third kappa shape index (κ3) is 11.2. The number of rotatable bonds is 6. The summed E-state index contributed by atoms with van der Waals surface area (Å²) in [5.41, 5.74) is 6.57. The number of hydrogen-bond donors (Lipinski definition) is 1. The zero-order chi connectivity index (χ0) is 45.7. The van der Waals surface area contributed by atoms with Gasteiger partial charge in [-0.25, -0.2) is 0 Å². The van der Waals surface area contributed by atoms with Crippen LogP contribution in [0.2, 0.25) is 0 Å². The predicted octanol–water partition coefficient (Wildman–Crippen LogP) is 15.3. The minimum atomic E-state index is -0.0959. The number of aliphatic hydroxyl groups excluding tert-OH is 1. The third-order valence-corrected chi connectivity index (χ3v) is 27.2. The number of terminal acetylenes is 1. The van der Waals surface area contributed by atoms with Crippen LogP contribution in [0.25, 0.3) is 0 Å². The van der Waals surface area contributed by atoms with Crippen molar-refractivity contribution in [2.45, 2.75) is 190 Å². The predicted molar refractivity (Wildman–Crippen MR) is 295 cm³/mol. The Kier molecular flexibility index (Phi) is 19.2. The number of allylic oxidation sites excluding steroid dienone is 3. The van der Waals surface area contributed by atoms with Gasteiger partial charge in [0.2, 0.25) is 0 Å². The minimum absolute atomic E-state index is 0. The van der Waals surface area contributed by atoms with Gasteiger partial charge < -0.3 is 5.11 Å². The lowest BCUT2D eigenvalue weighted by atomic mass is 9.46. The first-order valence-corrected chi connectivity index (χ1v) is 32.4. The molecule has 1 aromatic carbocycles. The molecule has 360 valence electrons. The fourth-order valence-electron chi connectivity index (χ4n) is 17.2. The monoisotopic (exact) mass is 991 g/mol. The van der Waals surface area contributed by atoms with E-state index in [2.05, 4.69) is 131 Å². The van der Waals surface area contributed by atoms with Gasteiger partial charge in [-0.1, -0.05) is 109 Å². The van der Waals surface area contributed by atoms with Crippen molar-refractivity contribution in [3.8, 4) is 24.2 Å². The van der Waals surface area contributed by atoms with Crippen molar-refractivity contribution in [1.29, 1.82) is 0 Å². The molecule has 0 aliphatic heterocycles. The van der Waals surface area contributed by atoms with E-state index in [1.54, 1.807) is 5.57 Å². The second kappa shape index (κ2) is 23.3.